The van der Waals surface area contributed by atoms with Gasteiger partial charge in [0.05, 0.1) is 12.2 Å². The number of rotatable bonds is 2. The minimum absolute atomic E-state index is 0.00837. The number of fused-ring (bicyclic) bond motifs is 2. The summed E-state index contributed by atoms with van der Waals surface area (Å²) in [6.45, 7) is 1.81. The zero-order valence-corrected chi connectivity index (χ0v) is 16.6. The van der Waals surface area contributed by atoms with Crippen molar-refractivity contribution in [1.82, 2.24) is 4.90 Å². The molecular weight excluding hydrogens is 364 g/mol. The summed E-state index contributed by atoms with van der Waals surface area (Å²) in [5.41, 5.74) is 4.05. The molecule has 150 valence electrons. The molecule has 1 fully saturated rings. The van der Waals surface area contributed by atoms with E-state index in [1.165, 1.54) is 17.5 Å². The predicted molar refractivity (Wildman–Crippen MR) is 111 cm³/mol. The van der Waals surface area contributed by atoms with Crippen LogP contribution in [0.1, 0.15) is 47.2 Å². The molecule has 0 saturated carbocycles. The van der Waals surface area contributed by atoms with Gasteiger partial charge in [0.1, 0.15) is 5.75 Å². The summed E-state index contributed by atoms with van der Waals surface area (Å²) in [7, 11) is 0. The third kappa shape index (κ3) is 3.39. The summed E-state index contributed by atoms with van der Waals surface area (Å²) >= 11 is 0. The van der Waals surface area contributed by atoms with Crippen molar-refractivity contribution in [2.75, 3.05) is 24.5 Å². The van der Waals surface area contributed by atoms with E-state index in [1.54, 1.807) is 4.90 Å². The average Bonchev–Trinajstić information content (AvgIpc) is 3.26. The van der Waals surface area contributed by atoms with E-state index in [-0.39, 0.29) is 18.4 Å². The van der Waals surface area contributed by atoms with Crippen LogP contribution in [0.5, 0.6) is 5.75 Å². The molecule has 0 bridgehead atoms. The highest BCUT2D eigenvalue weighted by Crippen LogP contribution is 2.35. The largest absolute Gasteiger partial charge is 0.476 e. The van der Waals surface area contributed by atoms with Gasteiger partial charge in [0.2, 0.25) is 0 Å². The van der Waals surface area contributed by atoms with Crippen LogP contribution in [0.2, 0.25) is 0 Å². The number of carbonyl (C=O) groups is 2. The number of amides is 2. The minimum atomic E-state index is -0.652. The van der Waals surface area contributed by atoms with Gasteiger partial charge in [-0.2, -0.15) is 0 Å². The number of benzene rings is 2. The van der Waals surface area contributed by atoms with Crippen LogP contribution in [0.3, 0.4) is 0 Å². The van der Waals surface area contributed by atoms with Crippen molar-refractivity contribution >= 4 is 17.5 Å². The van der Waals surface area contributed by atoms with Crippen molar-refractivity contribution in [3.05, 3.63) is 59.2 Å². The summed E-state index contributed by atoms with van der Waals surface area (Å²) in [6, 6.07) is 13.5. The maximum atomic E-state index is 13.5. The molecule has 0 N–H and O–H groups in total. The molecule has 5 heteroatoms. The Balaban J connectivity index is 1.44. The highest BCUT2D eigenvalue weighted by atomic mass is 16.5. The molecule has 0 aromatic heterocycles. The number of carbonyl (C=O) groups excluding carboxylic acids is 2. The molecule has 2 heterocycles. The van der Waals surface area contributed by atoms with E-state index in [9.17, 15) is 9.59 Å². The van der Waals surface area contributed by atoms with Gasteiger partial charge >= 0.3 is 0 Å². The van der Waals surface area contributed by atoms with Crippen LogP contribution in [0.15, 0.2) is 42.5 Å². The molecule has 0 radical (unpaired) electrons. The third-order valence-corrected chi connectivity index (χ3v) is 6.31. The van der Waals surface area contributed by atoms with Gasteiger partial charge in [-0.05, 0) is 73.9 Å². The first-order valence-corrected chi connectivity index (χ1v) is 10.7. The van der Waals surface area contributed by atoms with Gasteiger partial charge in [0, 0.05) is 18.7 Å². The predicted octanol–water partition coefficient (Wildman–Crippen LogP) is 3.60. The molecule has 2 amide bonds. The van der Waals surface area contributed by atoms with Crippen LogP contribution >= 0.6 is 0 Å². The number of anilines is 1. The van der Waals surface area contributed by atoms with Crippen LogP contribution in [0.25, 0.3) is 0 Å². The van der Waals surface area contributed by atoms with Crippen LogP contribution < -0.4 is 9.64 Å². The summed E-state index contributed by atoms with van der Waals surface area (Å²) in [5, 5.41) is 0. The Kier molecular flexibility index (Phi) is 4.74. The molecule has 2 aliphatic heterocycles. The number of nitrogens with zero attached hydrogens (tertiary/aromatic N) is 2. The highest BCUT2D eigenvalue weighted by molar-refractivity contribution is 6.08. The maximum Gasteiger partial charge on any atom is 0.265 e. The number of hydrogen-bond donors (Lipinski definition) is 0. The number of aryl methyl sites for hydroxylation is 2. The molecule has 0 spiro atoms. The van der Waals surface area contributed by atoms with E-state index >= 15 is 0 Å². The van der Waals surface area contributed by atoms with E-state index < -0.39 is 6.10 Å². The summed E-state index contributed by atoms with van der Waals surface area (Å²) in [6.07, 6.45) is 5.87. The van der Waals surface area contributed by atoms with Crippen molar-refractivity contribution in [3.8, 4) is 5.75 Å². The van der Waals surface area contributed by atoms with Crippen molar-refractivity contribution in [3.63, 3.8) is 0 Å². The summed E-state index contributed by atoms with van der Waals surface area (Å²) < 4.78 is 6.05. The number of piperidine rings is 1. The molecule has 29 heavy (non-hydrogen) atoms. The van der Waals surface area contributed by atoms with Crippen molar-refractivity contribution in [1.29, 1.82) is 0 Å². The third-order valence-electron chi connectivity index (χ3n) is 6.31. The molecule has 5 rings (SSSR count). The summed E-state index contributed by atoms with van der Waals surface area (Å²) in [5.74, 6) is 0.529. The SMILES string of the molecule is O=C([C@@H]1CN(C(=O)c2ccc3c(c2)CCC3)c2ccccc2O1)N1CCCCC1. The first-order chi connectivity index (χ1) is 14.2. The van der Waals surface area contributed by atoms with E-state index in [0.717, 1.165) is 50.9 Å². The Morgan fingerprint density at radius 2 is 1.69 bits per heavy atom. The van der Waals surface area contributed by atoms with E-state index in [1.807, 2.05) is 41.3 Å². The molecule has 1 aliphatic carbocycles. The smallest absolute Gasteiger partial charge is 0.265 e. The lowest BCUT2D eigenvalue weighted by Gasteiger charge is -2.37. The van der Waals surface area contributed by atoms with Gasteiger partial charge in [0.25, 0.3) is 11.8 Å². The van der Waals surface area contributed by atoms with Gasteiger partial charge < -0.3 is 14.5 Å². The molecule has 1 saturated heterocycles. The fourth-order valence-electron chi connectivity index (χ4n) is 4.73. The Labute approximate surface area is 171 Å². The normalized spacial score (nSPS) is 20.6. The second-order valence-electron chi connectivity index (χ2n) is 8.21. The van der Waals surface area contributed by atoms with E-state index in [2.05, 4.69) is 6.07 Å². The maximum absolute atomic E-state index is 13.5. The zero-order valence-electron chi connectivity index (χ0n) is 16.6. The molecule has 3 aliphatic rings. The van der Waals surface area contributed by atoms with Crippen molar-refractivity contribution in [2.45, 2.75) is 44.6 Å². The van der Waals surface area contributed by atoms with Crippen LogP contribution in [-0.4, -0.2) is 42.5 Å². The van der Waals surface area contributed by atoms with Crippen molar-refractivity contribution < 1.29 is 14.3 Å². The number of hydrogen-bond acceptors (Lipinski definition) is 3. The Morgan fingerprint density at radius 3 is 2.55 bits per heavy atom. The Hall–Kier alpha value is -2.82. The lowest BCUT2D eigenvalue weighted by molar-refractivity contribution is -0.139. The Morgan fingerprint density at radius 1 is 0.897 bits per heavy atom. The standard InChI is InChI=1S/C24H26N2O3/c27-23(19-12-11-17-7-6-8-18(17)15-19)26-16-22(24(28)25-13-4-1-5-14-25)29-21-10-3-2-9-20(21)26/h2-3,9-12,15,22H,1,4-8,13-14,16H2/t22-/m0/s1. The average molecular weight is 390 g/mol. The topological polar surface area (TPSA) is 49.9 Å². The van der Waals surface area contributed by atoms with Crippen LogP contribution in [0.4, 0.5) is 5.69 Å². The molecule has 1 atom stereocenters. The fourth-order valence-corrected chi connectivity index (χ4v) is 4.73. The number of para-hydroxylation sites is 2. The quantitative estimate of drug-likeness (QED) is 0.787. The molecule has 2 aromatic rings. The second kappa shape index (κ2) is 7.54. The zero-order chi connectivity index (χ0) is 19.8. The van der Waals surface area contributed by atoms with Gasteiger partial charge in [-0.15, -0.1) is 0 Å². The molecule has 2 aromatic carbocycles. The van der Waals surface area contributed by atoms with Gasteiger partial charge in [0.15, 0.2) is 6.10 Å². The summed E-state index contributed by atoms with van der Waals surface area (Å²) in [4.78, 5) is 30.1. The lowest BCUT2D eigenvalue weighted by Crippen LogP contribution is -2.52. The van der Waals surface area contributed by atoms with Gasteiger partial charge in [-0.25, -0.2) is 0 Å². The van der Waals surface area contributed by atoms with Crippen LogP contribution in [-0.2, 0) is 17.6 Å². The van der Waals surface area contributed by atoms with Gasteiger partial charge in [-0.1, -0.05) is 18.2 Å². The molecule has 0 unspecified atom stereocenters. The second-order valence-corrected chi connectivity index (χ2v) is 8.21. The molecular formula is C24H26N2O3. The monoisotopic (exact) mass is 390 g/mol. The highest BCUT2D eigenvalue weighted by Gasteiger charge is 2.36. The molecule has 5 nitrogen and oxygen atoms in total. The lowest BCUT2D eigenvalue weighted by atomic mass is 10.0. The number of ether oxygens (including phenoxy) is 1. The van der Waals surface area contributed by atoms with Crippen molar-refractivity contribution in [2.24, 2.45) is 0 Å². The number of likely N-dealkylation sites (tertiary alicyclic amines) is 1. The Bertz CT molecular complexity index is 949. The van der Waals surface area contributed by atoms with E-state index in [0.29, 0.717) is 11.3 Å². The fraction of sp³-hybridized carbons (Fsp3) is 0.417. The van der Waals surface area contributed by atoms with Crippen LogP contribution in [0, 0.1) is 0 Å². The minimum Gasteiger partial charge on any atom is -0.476 e. The van der Waals surface area contributed by atoms with E-state index in [4.69, 9.17) is 4.74 Å². The first kappa shape index (κ1) is 18.2. The first-order valence-electron chi connectivity index (χ1n) is 10.7. The van der Waals surface area contributed by atoms with Gasteiger partial charge in [-0.3, -0.25) is 9.59 Å².